The molecule has 0 amide bonds. The lowest BCUT2D eigenvalue weighted by Gasteiger charge is -2.24. The molecular formula is C12H25NO3S. The van der Waals surface area contributed by atoms with E-state index in [0.717, 1.165) is 25.8 Å². The first-order valence-electron chi connectivity index (χ1n) is 6.49. The van der Waals surface area contributed by atoms with Crippen molar-refractivity contribution in [2.75, 3.05) is 18.6 Å². The van der Waals surface area contributed by atoms with Gasteiger partial charge in [-0.1, -0.05) is 6.92 Å². The first-order valence-corrected chi connectivity index (χ1v) is 8.55. The van der Waals surface area contributed by atoms with Crippen LogP contribution in [0.4, 0.5) is 0 Å². The van der Waals surface area contributed by atoms with Gasteiger partial charge >= 0.3 is 0 Å². The van der Waals surface area contributed by atoms with Crippen molar-refractivity contribution in [1.82, 2.24) is 5.32 Å². The first-order chi connectivity index (χ1) is 7.92. The molecule has 0 saturated carbocycles. The highest BCUT2D eigenvalue weighted by Gasteiger charge is 2.28. The second-order valence-corrected chi connectivity index (χ2v) is 7.26. The number of nitrogens with one attached hydrogen (secondary N) is 1. The molecule has 0 aromatic heterocycles. The normalized spacial score (nSPS) is 27.2. The van der Waals surface area contributed by atoms with Crippen LogP contribution in [-0.2, 0) is 14.6 Å². The summed E-state index contributed by atoms with van der Waals surface area (Å²) in [7, 11) is -2.84. The van der Waals surface area contributed by atoms with Crippen molar-refractivity contribution in [1.29, 1.82) is 0 Å². The van der Waals surface area contributed by atoms with E-state index in [2.05, 4.69) is 19.2 Å². The summed E-state index contributed by atoms with van der Waals surface area (Å²) >= 11 is 0. The maximum Gasteiger partial charge on any atom is 0.147 e. The molecule has 0 aromatic carbocycles. The molecule has 3 unspecified atom stereocenters. The molecule has 0 radical (unpaired) electrons. The molecule has 0 aliphatic carbocycles. The summed E-state index contributed by atoms with van der Waals surface area (Å²) in [6.45, 7) is 5.07. The fourth-order valence-electron chi connectivity index (χ4n) is 2.38. The third kappa shape index (κ3) is 5.84. The highest BCUT2D eigenvalue weighted by Crippen LogP contribution is 2.23. The predicted molar refractivity (Wildman–Crippen MR) is 70.0 cm³/mol. The lowest BCUT2D eigenvalue weighted by Crippen LogP contribution is -2.40. The summed E-state index contributed by atoms with van der Waals surface area (Å²) < 4.78 is 28.0. The van der Waals surface area contributed by atoms with Crippen LogP contribution >= 0.6 is 0 Å². The molecule has 5 heteroatoms. The van der Waals surface area contributed by atoms with Crippen LogP contribution in [0.1, 0.15) is 39.5 Å². The van der Waals surface area contributed by atoms with E-state index in [4.69, 9.17) is 4.74 Å². The molecule has 1 aliphatic rings. The molecule has 1 saturated heterocycles. The van der Waals surface area contributed by atoms with Crippen LogP contribution < -0.4 is 5.32 Å². The van der Waals surface area contributed by atoms with Crippen LogP contribution in [0, 0.1) is 0 Å². The Kier molecular flexibility index (Phi) is 5.89. The van der Waals surface area contributed by atoms with Gasteiger partial charge < -0.3 is 10.1 Å². The summed E-state index contributed by atoms with van der Waals surface area (Å²) in [5.74, 6) is 0.275. The number of ether oxygens (including phenoxy) is 1. The third-order valence-corrected chi connectivity index (χ3v) is 4.24. The van der Waals surface area contributed by atoms with Gasteiger partial charge in [0.2, 0.25) is 0 Å². The Morgan fingerprint density at radius 2 is 2.12 bits per heavy atom. The molecule has 1 N–H and O–H groups in total. The van der Waals surface area contributed by atoms with E-state index < -0.39 is 9.84 Å². The summed E-state index contributed by atoms with van der Waals surface area (Å²) in [6, 6.07) is 0.298. The first kappa shape index (κ1) is 14.9. The van der Waals surface area contributed by atoms with E-state index in [0.29, 0.717) is 18.6 Å². The summed E-state index contributed by atoms with van der Waals surface area (Å²) in [5, 5.41) is 3.41. The van der Waals surface area contributed by atoms with E-state index in [1.165, 1.54) is 6.26 Å². The molecule has 0 bridgehead atoms. The van der Waals surface area contributed by atoms with Gasteiger partial charge in [-0.2, -0.15) is 0 Å². The van der Waals surface area contributed by atoms with Crippen LogP contribution in [0.5, 0.6) is 0 Å². The van der Waals surface area contributed by atoms with Gasteiger partial charge in [-0.25, -0.2) is 8.42 Å². The van der Waals surface area contributed by atoms with E-state index in [1.54, 1.807) is 0 Å². The van der Waals surface area contributed by atoms with Gasteiger partial charge in [-0.3, -0.25) is 0 Å². The average Bonchev–Trinajstić information content (AvgIpc) is 2.62. The smallest absolute Gasteiger partial charge is 0.147 e. The topological polar surface area (TPSA) is 55.4 Å². The number of hydrogen-bond donors (Lipinski definition) is 1. The second-order valence-electron chi connectivity index (χ2n) is 5.00. The molecule has 1 fully saturated rings. The maximum atomic E-state index is 11.1. The van der Waals surface area contributed by atoms with E-state index >= 15 is 0 Å². The van der Waals surface area contributed by atoms with Crippen molar-refractivity contribution in [2.45, 2.75) is 57.8 Å². The van der Waals surface area contributed by atoms with Crippen LogP contribution in [0.15, 0.2) is 0 Å². The van der Waals surface area contributed by atoms with Gasteiger partial charge in [0.05, 0.1) is 12.2 Å². The van der Waals surface area contributed by atoms with Crippen molar-refractivity contribution >= 4 is 9.84 Å². The number of likely N-dealkylation sites (N-methyl/N-ethyl adjacent to an activating group) is 1. The average molecular weight is 263 g/mol. The Morgan fingerprint density at radius 1 is 1.41 bits per heavy atom. The molecule has 0 aromatic rings. The molecule has 1 aliphatic heterocycles. The molecule has 102 valence electrons. The van der Waals surface area contributed by atoms with Crippen molar-refractivity contribution in [3.8, 4) is 0 Å². The Bertz CT molecular complexity index is 316. The predicted octanol–water partition coefficient (Wildman–Crippen LogP) is 1.36. The van der Waals surface area contributed by atoms with Gasteiger partial charge in [0.15, 0.2) is 0 Å². The van der Waals surface area contributed by atoms with Gasteiger partial charge in [-0.05, 0) is 39.2 Å². The standard InChI is InChI=1S/C12H25NO3S/c1-4-13-11(6-5-9-17(3,14)15)12-8-7-10(2)16-12/h10-13H,4-9H2,1-3H3. The monoisotopic (exact) mass is 263 g/mol. The Hall–Kier alpha value is -0.130. The fourth-order valence-corrected chi connectivity index (χ4v) is 3.07. The van der Waals surface area contributed by atoms with Crippen molar-refractivity contribution in [2.24, 2.45) is 0 Å². The molecular weight excluding hydrogens is 238 g/mol. The molecule has 4 nitrogen and oxygen atoms in total. The van der Waals surface area contributed by atoms with Crippen molar-refractivity contribution < 1.29 is 13.2 Å². The second kappa shape index (κ2) is 6.71. The molecule has 17 heavy (non-hydrogen) atoms. The lowest BCUT2D eigenvalue weighted by molar-refractivity contribution is 0.0303. The summed E-state index contributed by atoms with van der Waals surface area (Å²) in [6.07, 6.45) is 5.67. The van der Waals surface area contributed by atoms with Crippen LogP contribution in [0.3, 0.4) is 0 Å². The van der Waals surface area contributed by atoms with Gasteiger partial charge in [0.25, 0.3) is 0 Å². The van der Waals surface area contributed by atoms with Crippen molar-refractivity contribution in [3.63, 3.8) is 0 Å². The zero-order chi connectivity index (χ0) is 12.9. The molecule has 1 heterocycles. The number of hydrogen-bond acceptors (Lipinski definition) is 4. The minimum absolute atomic E-state index is 0.254. The quantitative estimate of drug-likeness (QED) is 0.753. The zero-order valence-electron chi connectivity index (χ0n) is 11.1. The minimum atomic E-state index is -2.84. The third-order valence-electron chi connectivity index (χ3n) is 3.21. The Morgan fingerprint density at radius 3 is 2.59 bits per heavy atom. The molecule has 0 spiro atoms. The Labute approximate surface area is 105 Å². The van der Waals surface area contributed by atoms with Crippen LogP contribution in [0.25, 0.3) is 0 Å². The van der Waals surface area contributed by atoms with E-state index in [1.807, 2.05) is 0 Å². The highest BCUT2D eigenvalue weighted by atomic mass is 32.2. The van der Waals surface area contributed by atoms with Gasteiger partial charge in [-0.15, -0.1) is 0 Å². The van der Waals surface area contributed by atoms with Crippen LogP contribution in [0.2, 0.25) is 0 Å². The Balaban J connectivity index is 2.38. The number of sulfone groups is 1. The van der Waals surface area contributed by atoms with Crippen LogP contribution in [-0.4, -0.2) is 45.2 Å². The summed E-state index contributed by atoms with van der Waals surface area (Å²) in [5.41, 5.74) is 0. The van der Waals surface area contributed by atoms with E-state index in [-0.39, 0.29) is 11.9 Å². The highest BCUT2D eigenvalue weighted by molar-refractivity contribution is 7.90. The maximum absolute atomic E-state index is 11.1. The van der Waals surface area contributed by atoms with Gasteiger partial charge in [0, 0.05) is 18.1 Å². The number of rotatable bonds is 7. The lowest BCUT2D eigenvalue weighted by atomic mass is 10.0. The zero-order valence-corrected chi connectivity index (χ0v) is 11.9. The minimum Gasteiger partial charge on any atom is -0.374 e. The van der Waals surface area contributed by atoms with E-state index in [9.17, 15) is 8.42 Å². The molecule has 3 atom stereocenters. The van der Waals surface area contributed by atoms with Gasteiger partial charge in [0.1, 0.15) is 9.84 Å². The molecule has 1 rings (SSSR count). The SMILES string of the molecule is CCNC(CCCS(C)(=O)=O)C1CCC(C)O1. The fraction of sp³-hybridized carbons (Fsp3) is 1.00. The van der Waals surface area contributed by atoms with Crippen molar-refractivity contribution in [3.05, 3.63) is 0 Å². The summed E-state index contributed by atoms with van der Waals surface area (Å²) in [4.78, 5) is 0. The largest absolute Gasteiger partial charge is 0.374 e.